The van der Waals surface area contributed by atoms with Crippen molar-refractivity contribution in [1.29, 1.82) is 0 Å². The summed E-state index contributed by atoms with van der Waals surface area (Å²) in [6.45, 7) is 2.44. The highest BCUT2D eigenvalue weighted by atomic mass is 16.6. The molecule has 0 spiro atoms. The molecule has 0 unspecified atom stereocenters. The van der Waals surface area contributed by atoms with Gasteiger partial charge in [-0.05, 0) is 30.3 Å². The van der Waals surface area contributed by atoms with Gasteiger partial charge < -0.3 is 19.7 Å². The van der Waals surface area contributed by atoms with E-state index in [-0.39, 0.29) is 11.8 Å². The van der Waals surface area contributed by atoms with Crippen LogP contribution in [0.1, 0.15) is 17.3 Å². The number of nitrogens with zero attached hydrogens (tertiary/aromatic N) is 1. The second-order valence-corrected chi connectivity index (χ2v) is 5.45. The van der Waals surface area contributed by atoms with Crippen LogP contribution in [0.25, 0.3) is 0 Å². The molecule has 0 fully saturated rings. The Labute approximate surface area is 140 Å². The second-order valence-electron chi connectivity index (χ2n) is 5.45. The van der Waals surface area contributed by atoms with Crippen LogP contribution in [0.2, 0.25) is 0 Å². The predicted octanol–water partition coefficient (Wildman–Crippen LogP) is 2.69. The van der Waals surface area contributed by atoms with E-state index in [1.165, 1.54) is 11.8 Å². The minimum Gasteiger partial charge on any atom is -0.486 e. The van der Waals surface area contributed by atoms with Crippen LogP contribution in [0.4, 0.5) is 11.4 Å². The highest BCUT2D eigenvalue weighted by Gasteiger charge is 2.18. The average molecular weight is 326 g/mol. The fraction of sp³-hybridized carbons (Fsp3) is 0.222. The average Bonchev–Trinajstić information content (AvgIpc) is 2.59. The molecular formula is C18H18N2O4. The number of rotatable bonds is 3. The van der Waals surface area contributed by atoms with Crippen molar-refractivity contribution < 1.29 is 19.1 Å². The van der Waals surface area contributed by atoms with Gasteiger partial charge in [-0.2, -0.15) is 0 Å². The van der Waals surface area contributed by atoms with Crippen molar-refractivity contribution in [3.8, 4) is 11.5 Å². The van der Waals surface area contributed by atoms with Gasteiger partial charge in [-0.15, -0.1) is 0 Å². The van der Waals surface area contributed by atoms with Gasteiger partial charge in [0.1, 0.15) is 13.2 Å². The van der Waals surface area contributed by atoms with Crippen molar-refractivity contribution in [2.24, 2.45) is 0 Å². The van der Waals surface area contributed by atoms with Crippen LogP contribution in [0, 0.1) is 0 Å². The summed E-state index contributed by atoms with van der Waals surface area (Å²) < 4.78 is 11.0. The van der Waals surface area contributed by atoms with Gasteiger partial charge in [0.2, 0.25) is 5.91 Å². The molecule has 2 aromatic carbocycles. The van der Waals surface area contributed by atoms with E-state index in [2.05, 4.69) is 5.32 Å². The van der Waals surface area contributed by atoms with Gasteiger partial charge in [0.25, 0.3) is 5.91 Å². The van der Waals surface area contributed by atoms with Crippen molar-refractivity contribution in [2.45, 2.75) is 6.92 Å². The first-order chi connectivity index (χ1) is 11.5. The van der Waals surface area contributed by atoms with Crippen LogP contribution < -0.4 is 19.7 Å². The number of nitrogens with one attached hydrogen (secondary N) is 1. The number of ether oxygens (including phenoxy) is 2. The van der Waals surface area contributed by atoms with E-state index < -0.39 is 0 Å². The summed E-state index contributed by atoms with van der Waals surface area (Å²) in [5, 5.41) is 2.67. The Hall–Kier alpha value is -3.02. The van der Waals surface area contributed by atoms with Gasteiger partial charge in [0.05, 0.1) is 0 Å². The molecule has 0 saturated carbocycles. The molecule has 6 nitrogen and oxygen atoms in total. The summed E-state index contributed by atoms with van der Waals surface area (Å²) in [5.41, 5.74) is 1.77. The third-order valence-electron chi connectivity index (χ3n) is 3.65. The van der Waals surface area contributed by atoms with Gasteiger partial charge in [-0.3, -0.25) is 9.59 Å². The smallest absolute Gasteiger partial charge is 0.258 e. The van der Waals surface area contributed by atoms with Gasteiger partial charge >= 0.3 is 0 Å². The second kappa shape index (κ2) is 6.62. The fourth-order valence-corrected chi connectivity index (χ4v) is 2.48. The molecule has 0 aliphatic carbocycles. The maximum Gasteiger partial charge on any atom is 0.258 e. The Morgan fingerprint density at radius 2 is 1.79 bits per heavy atom. The Kier molecular flexibility index (Phi) is 4.37. The molecule has 2 amide bonds. The summed E-state index contributed by atoms with van der Waals surface area (Å²) in [5.74, 6) is 0.947. The number of amides is 2. The standard InChI is InChI=1S/C18H18N2O4/c1-12(21)19-14-5-3-4-13(10-14)18(22)20(2)15-6-7-16-17(11-15)24-9-8-23-16/h3-7,10-11H,8-9H2,1-2H3,(H,19,21). The summed E-state index contributed by atoms with van der Waals surface area (Å²) in [7, 11) is 1.69. The van der Waals surface area contributed by atoms with Crippen LogP contribution in [-0.2, 0) is 4.79 Å². The molecule has 2 aromatic rings. The Morgan fingerprint density at radius 1 is 1.04 bits per heavy atom. The highest BCUT2D eigenvalue weighted by Crippen LogP contribution is 2.34. The summed E-state index contributed by atoms with van der Waals surface area (Å²) in [6.07, 6.45) is 0. The summed E-state index contributed by atoms with van der Waals surface area (Å²) in [6, 6.07) is 12.2. The van der Waals surface area contributed by atoms with Crippen LogP contribution in [0.5, 0.6) is 11.5 Å². The fourth-order valence-electron chi connectivity index (χ4n) is 2.48. The van der Waals surface area contributed by atoms with Gasteiger partial charge in [0, 0.05) is 37.0 Å². The minimum absolute atomic E-state index is 0.181. The van der Waals surface area contributed by atoms with Gasteiger partial charge in [-0.25, -0.2) is 0 Å². The molecule has 6 heteroatoms. The first-order valence-electron chi connectivity index (χ1n) is 7.60. The number of carbonyl (C=O) groups excluding carboxylic acids is 2. The van der Waals surface area contributed by atoms with Crippen molar-refractivity contribution in [2.75, 3.05) is 30.5 Å². The van der Waals surface area contributed by atoms with Crippen molar-refractivity contribution in [3.05, 3.63) is 48.0 Å². The maximum atomic E-state index is 12.7. The zero-order chi connectivity index (χ0) is 17.1. The van der Waals surface area contributed by atoms with Crippen LogP contribution in [0.3, 0.4) is 0 Å². The highest BCUT2D eigenvalue weighted by molar-refractivity contribution is 6.06. The van der Waals surface area contributed by atoms with E-state index in [1.54, 1.807) is 43.4 Å². The Balaban J connectivity index is 1.83. The largest absolute Gasteiger partial charge is 0.486 e. The molecule has 24 heavy (non-hydrogen) atoms. The predicted molar refractivity (Wildman–Crippen MR) is 90.9 cm³/mol. The SMILES string of the molecule is CC(=O)Nc1cccc(C(=O)N(C)c2ccc3c(c2)OCCO3)c1. The molecule has 124 valence electrons. The number of hydrogen-bond acceptors (Lipinski definition) is 4. The number of fused-ring (bicyclic) bond motifs is 1. The zero-order valence-corrected chi connectivity index (χ0v) is 13.5. The number of anilines is 2. The summed E-state index contributed by atoms with van der Waals surface area (Å²) in [4.78, 5) is 25.4. The maximum absolute atomic E-state index is 12.7. The molecule has 1 heterocycles. The van der Waals surface area contributed by atoms with Crippen molar-refractivity contribution >= 4 is 23.2 Å². The van der Waals surface area contributed by atoms with Gasteiger partial charge in [0.15, 0.2) is 11.5 Å². The first-order valence-corrected chi connectivity index (χ1v) is 7.60. The van der Waals surface area contributed by atoms with E-state index in [4.69, 9.17) is 9.47 Å². The third kappa shape index (κ3) is 3.32. The Morgan fingerprint density at radius 3 is 2.54 bits per heavy atom. The molecule has 0 bridgehead atoms. The van der Waals surface area contributed by atoms with Crippen LogP contribution in [-0.4, -0.2) is 32.1 Å². The normalized spacial score (nSPS) is 12.4. The molecule has 1 aliphatic rings. The van der Waals surface area contributed by atoms with Crippen LogP contribution >= 0.6 is 0 Å². The molecular weight excluding hydrogens is 308 g/mol. The molecule has 1 aliphatic heterocycles. The van der Waals surface area contributed by atoms with Crippen molar-refractivity contribution in [1.82, 2.24) is 0 Å². The lowest BCUT2D eigenvalue weighted by Crippen LogP contribution is -2.26. The lowest BCUT2D eigenvalue weighted by molar-refractivity contribution is -0.114. The number of hydrogen-bond donors (Lipinski definition) is 1. The van der Waals surface area contributed by atoms with E-state index in [1.807, 2.05) is 6.07 Å². The molecule has 3 rings (SSSR count). The molecule has 0 aromatic heterocycles. The lowest BCUT2D eigenvalue weighted by Gasteiger charge is -2.22. The monoisotopic (exact) mass is 326 g/mol. The number of benzene rings is 2. The van der Waals surface area contributed by atoms with E-state index >= 15 is 0 Å². The summed E-state index contributed by atoms with van der Waals surface area (Å²) >= 11 is 0. The third-order valence-corrected chi connectivity index (χ3v) is 3.65. The molecule has 1 N–H and O–H groups in total. The van der Waals surface area contributed by atoms with Gasteiger partial charge in [-0.1, -0.05) is 6.07 Å². The van der Waals surface area contributed by atoms with Crippen LogP contribution in [0.15, 0.2) is 42.5 Å². The number of carbonyl (C=O) groups is 2. The van der Waals surface area contributed by atoms with E-state index in [9.17, 15) is 9.59 Å². The quantitative estimate of drug-likeness (QED) is 0.941. The van der Waals surface area contributed by atoms with E-state index in [0.29, 0.717) is 41.7 Å². The lowest BCUT2D eigenvalue weighted by atomic mass is 10.1. The Bertz CT molecular complexity index is 788. The van der Waals surface area contributed by atoms with Crippen molar-refractivity contribution in [3.63, 3.8) is 0 Å². The first kappa shape index (κ1) is 15.9. The zero-order valence-electron chi connectivity index (χ0n) is 13.5. The molecule has 0 radical (unpaired) electrons. The van der Waals surface area contributed by atoms with E-state index in [0.717, 1.165) is 0 Å². The molecule has 0 atom stereocenters. The molecule has 0 saturated heterocycles. The topological polar surface area (TPSA) is 67.9 Å². The minimum atomic E-state index is -0.182.